The molecule has 1 N–H and O–H groups in total. The topological polar surface area (TPSA) is 29.1 Å². The summed E-state index contributed by atoms with van der Waals surface area (Å²) in [6.45, 7) is 6.22. The first-order valence-electron chi connectivity index (χ1n) is 5.50. The molecule has 16 heavy (non-hydrogen) atoms. The first kappa shape index (κ1) is 13.2. The summed E-state index contributed by atoms with van der Waals surface area (Å²) in [5, 5.41) is 3.80. The Labute approximate surface area is 106 Å². The van der Waals surface area contributed by atoms with E-state index in [9.17, 15) is 4.79 Å². The third-order valence-corrected chi connectivity index (χ3v) is 3.38. The minimum Gasteiger partial charge on any atom is -0.349 e. The van der Waals surface area contributed by atoms with Crippen LogP contribution in [0.15, 0.2) is 24.3 Å². The van der Waals surface area contributed by atoms with Gasteiger partial charge in [-0.1, -0.05) is 41.9 Å². The van der Waals surface area contributed by atoms with Gasteiger partial charge in [0.1, 0.15) is 0 Å². The fraction of sp³-hybridized carbons (Fsp3) is 0.462. The van der Waals surface area contributed by atoms with E-state index in [4.69, 9.17) is 0 Å². The van der Waals surface area contributed by atoms with Crippen LogP contribution in [0.5, 0.6) is 0 Å². The molecule has 0 saturated carbocycles. The SMILES string of the molecule is CC(C)C(C)NC(=O)c1ccc(CBr)cc1. The molecule has 0 aliphatic heterocycles. The monoisotopic (exact) mass is 283 g/mol. The smallest absolute Gasteiger partial charge is 0.251 e. The first-order valence-corrected chi connectivity index (χ1v) is 6.62. The number of carbonyl (C=O) groups excluding carboxylic acids is 1. The molecule has 0 heterocycles. The third kappa shape index (κ3) is 3.63. The maximum absolute atomic E-state index is 11.8. The van der Waals surface area contributed by atoms with Gasteiger partial charge in [-0.15, -0.1) is 0 Å². The van der Waals surface area contributed by atoms with Crippen molar-refractivity contribution in [3.05, 3.63) is 35.4 Å². The highest BCUT2D eigenvalue weighted by Crippen LogP contribution is 2.09. The predicted octanol–water partition coefficient (Wildman–Crippen LogP) is 3.36. The van der Waals surface area contributed by atoms with Gasteiger partial charge in [-0.25, -0.2) is 0 Å². The lowest BCUT2D eigenvalue weighted by Crippen LogP contribution is -2.36. The van der Waals surface area contributed by atoms with Crippen LogP contribution in [0.25, 0.3) is 0 Å². The van der Waals surface area contributed by atoms with Crippen molar-refractivity contribution in [3.8, 4) is 0 Å². The van der Waals surface area contributed by atoms with Gasteiger partial charge < -0.3 is 5.32 Å². The maximum atomic E-state index is 11.8. The van der Waals surface area contributed by atoms with Crippen molar-refractivity contribution in [2.45, 2.75) is 32.1 Å². The molecule has 0 saturated heterocycles. The number of carbonyl (C=O) groups is 1. The van der Waals surface area contributed by atoms with Gasteiger partial charge in [-0.05, 0) is 30.5 Å². The molecule has 2 nitrogen and oxygen atoms in total. The van der Waals surface area contributed by atoms with Crippen LogP contribution < -0.4 is 5.32 Å². The van der Waals surface area contributed by atoms with Gasteiger partial charge in [-0.2, -0.15) is 0 Å². The molecule has 0 spiro atoms. The molecule has 0 aliphatic rings. The van der Waals surface area contributed by atoms with Crippen LogP contribution in [-0.2, 0) is 5.33 Å². The Morgan fingerprint density at radius 2 is 1.81 bits per heavy atom. The Hall–Kier alpha value is -0.830. The van der Waals surface area contributed by atoms with Gasteiger partial charge in [0.2, 0.25) is 0 Å². The number of alkyl halides is 1. The number of halogens is 1. The van der Waals surface area contributed by atoms with E-state index in [1.165, 1.54) is 5.56 Å². The second-order valence-corrected chi connectivity index (χ2v) is 4.90. The summed E-state index contributed by atoms with van der Waals surface area (Å²) in [4.78, 5) is 11.8. The molecule has 1 rings (SSSR count). The maximum Gasteiger partial charge on any atom is 0.251 e. The minimum atomic E-state index is 0.00215. The van der Waals surface area contributed by atoms with Crippen LogP contribution in [0.1, 0.15) is 36.7 Å². The van der Waals surface area contributed by atoms with Crippen LogP contribution in [-0.4, -0.2) is 11.9 Å². The number of hydrogen-bond donors (Lipinski definition) is 1. The number of benzene rings is 1. The predicted molar refractivity (Wildman–Crippen MR) is 70.8 cm³/mol. The van der Waals surface area contributed by atoms with E-state index in [1.807, 2.05) is 31.2 Å². The first-order chi connectivity index (χ1) is 7.54. The van der Waals surface area contributed by atoms with Gasteiger partial charge in [0.25, 0.3) is 5.91 Å². The average molecular weight is 284 g/mol. The second-order valence-electron chi connectivity index (χ2n) is 4.34. The molecular formula is C13H18BrNO. The zero-order chi connectivity index (χ0) is 12.1. The van der Waals surface area contributed by atoms with Crippen molar-refractivity contribution in [3.63, 3.8) is 0 Å². The largest absolute Gasteiger partial charge is 0.349 e. The zero-order valence-corrected chi connectivity index (χ0v) is 11.5. The standard InChI is InChI=1S/C13H18BrNO/c1-9(2)10(3)15-13(16)12-6-4-11(8-14)5-7-12/h4-7,9-10H,8H2,1-3H3,(H,15,16). The van der Waals surface area contributed by atoms with Crippen molar-refractivity contribution < 1.29 is 4.79 Å². The Balaban J connectivity index is 2.66. The van der Waals surface area contributed by atoms with E-state index in [1.54, 1.807) is 0 Å². The van der Waals surface area contributed by atoms with Gasteiger partial charge >= 0.3 is 0 Å². The van der Waals surface area contributed by atoms with E-state index >= 15 is 0 Å². The lowest BCUT2D eigenvalue weighted by Gasteiger charge is -2.17. The van der Waals surface area contributed by atoms with Crippen LogP contribution >= 0.6 is 15.9 Å². The second kappa shape index (κ2) is 6.04. The van der Waals surface area contributed by atoms with E-state index in [0.29, 0.717) is 5.92 Å². The summed E-state index contributed by atoms with van der Waals surface area (Å²) in [5.74, 6) is 0.452. The molecule has 88 valence electrons. The summed E-state index contributed by atoms with van der Waals surface area (Å²) in [6.07, 6.45) is 0. The van der Waals surface area contributed by atoms with Crippen LogP contribution in [0.3, 0.4) is 0 Å². The number of rotatable bonds is 4. The molecule has 3 heteroatoms. The molecule has 0 bridgehead atoms. The molecule has 1 unspecified atom stereocenters. The number of hydrogen-bond acceptors (Lipinski definition) is 1. The fourth-order valence-electron chi connectivity index (χ4n) is 1.20. The molecule has 0 aromatic heterocycles. The summed E-state index contributed by atoms with van der Waals surface area (Å²) in [5.41, 5.74) is 1.89. The molecule has 1 atom stereocenters. The molecule has 0 radical (unpaired) electrons. The van der Waals surface area contributed by atoms with E-state index in [2.05, 4.69) is 35.1 Å². The van der Waals surface area contributed by atoms with E-state index < -0.39 is 0 Å². The summed E-state index contributed by atoms with van der Waals surface area (Å²) in [6, 6.07) is 7.84. The summed E-state index contributed by atoms with van der Waals surface area (Å²) in [7, 11) is 0. The highest BCUT2D eigenvalue weighted by molar-refractivity contribution is 9.08. The van der Waals surface area contributed by atoms with Crippen molar-refractivity contribution >= 4 is 21.8 Å². The number of nitrogens with one attached hydrogen (secondary N) is 1. The van der Waals surface area contributed by atoms with Crippen molar-refractivity contribution in [2.24, 2.45) is 5.92 Å². The third-order valence-electron chi connectivity index (χ3n) is 2.73. The van der Waals surface area contributed by atoms with Crippen molar-refractivity contribution in [1.29, 1.82) is 0 Å². The molecule has 1 aromatic rings. The summed E-state index contributed by atoms with van der Waals surface area (Å²) < 4.78 is 0. The van der Waals surface area contributed by atoms with Gasteiger partial charge in [0.15, 0.2) is 0 Å². The van der Waals surface area contributed by atoms with E-state index in [0.717, 1.165) is 10.9 Å². The quantitative estimate of drug-likeness (QED) is 0.844. The highest BCUT2D eigenvalue weighted by Gasteiger charge is 2.11. The Bertz CT molecular complexity index is 345. The number of amides is 1. The van der Waals surface area contributed by atoms with Gasteiger partial charge in [0, 0.05) is 16.9 Å². The highest BCUT2D eigenvalue weighted by atomic mass is 79.9. The van der Waals surface area contributed by atoms with Crippen LogP contribution in [0.2, 0.25) is 0 Å². The Morgan fingerprint density at radius 3 is 2.25 bits per heavy atom. The van der Waals surface area contributed by atoms with Gasteiger partial charge in [0.05, 0.1) is 0 Å². The normalized spacial score (nSPS) is 12.6. The van der Waals surface area contributed by atoms with Crippen molar-refractivity contribution in [2.75, 3.05) is 0 Å². The molecule has 1 aromatic carbocycles. The van der Waals surface area contributed by atoms with E-state index in [-0.39, 0.29) is 11.9 Å². The lowest BCUT2D eigenvalue weighted by molar-refractivity contribution is 0.0930. The minimum absolute atomic E-state index is 0.00215. The van der Waals surface area contributed by atoms with Crippen molar-refractivity contribution in [1.82, 2.24) is 5.32 Å². The Morgan fingerprint density at radius 1 is 1.25 bits per heavy atom. The molecule has 1 amide bonds. The Kier molecular flexibility index (Phi) is 5.00. The fourth-order valence-corrected chi connectivity index (χ4v) is 1.58. The molecular weight excluding hydrogens is 266 g/mol. The molecule has 0 fully saturated rings. The van der Waals surface area contributed by atoms with Crippen LogP contribution in [0.4, 0.5) is 0 Å². The zero-order valence-electron chi connectivity index (χ0n) is 9.96. The lowest BCUT2D eigenvalue weighted by atomic mass is 10.1. The average Bonchev–Trinajstić information content (AvgIpc) is 2.28. The summed E-state index contributed by atoms with van der Waals surface area (Å²) >= 11 is 3.38. The van der Waals surface area contributed by atoms with Gasteiger partial charge in [-0.3, -0.25) is 4.79 Å². The van der Waals surface area contributed by atoms with Crippen LogP contribution in [0, 0.1) is 5.92 Å². The molecule has 0 aliphatic carbocycles.